The van der Waals surface area contributed by atoms with Crippen LogP contribution in [-0.4, -0.2) is 25.5 Å². The van der Waals surface area contributed by atoms with Crippen molar-refractivity contribution in [3.63, 3.8) is 0 Å². The molecule has 0 aliphatic carbocycles. The number of rotatable bonds is 5. The Hall–Kier alpha value is -1.55. The van der Waals surface area contributed by atoms with Crippen molar-refractivity contribution in [3.05, 3.63) is 29.8 Å². The third-order valence-electron chi connectivity index (χ3n) is 2.72. The van der Waals surface area contributed by atoms with E-state index in [2.05, 4.69) is 24.1 Å². The lowest BCUT2D eigenvalue weighted by Gasteiger charge is -2.28. The van der Waals surface area contributed by atoms with Gasteiger partial charge >= 0.3 is 0 Å². The summed E-state index contributed by atoms with van der Waals surface area (Å²) in [6, 6.07) is 8.27. The van der Waals surface area contributed by atoms with Gasteiger partial charge in [0, 0.05) is 25.3 Å². The van der Waals surface area contributed by atoms with Crippen molar-refractivity contribution < 1.29 is 4.79 Å². The molecule has 94 valence electrons. The summed E-state index contributed by atoms with van der Waals surface area (Å²) >= 11 is 0. The maximum Gasteiger partial charge on any atom is 0.239 e. The smallest absolute Gasteiger partial charge is 0.239 e. The van der Waals surface area contributed by atoms with Crippen molar-refractivity contribution in [3.8, 4) is 0 Å². The Morgan fingerprint density at radius 2 is 1.94 bits per heavy atom. The van der Waals surface area contributed by atoms with Crippen LogP contribution in [-0.2, 0) is 11.3 Å². The van der Waals surface area contributed by atoms with Gasteiger partial charge < -0.3 is 16.0 Å². The van der Waals surface area contributed by atoms with Crippen LogP contribution in [0, 0.1) is 0 Å². The topological polar surface area (TPSA) is 58.4 Å². The molecule has 0 aliphatic rings. The standard InChI is InChI=1S/C13H21N3O/c1-10(2)16(9-13(17)15-3)12-6-4-11(8-14)5-7-12/h4-7,10H,8-9,14H2,1-3H3,(H,15,17). The number of carbonyl (C=O) groups is 1. The second-order valence-electron chi connectivity index (χ2n) is 4.27. The van der Waals surface area contributed by atoms with Crippen molar-refractivity contribution >= 4 is 11.6 Å². The minimum absolute atomic E-state index is 0.0154. The number of benzene rings is 1. The van der Waals surface area contributed by atoms with Crippen LogP contribution < -0.4 is 16.0 Å². The summed E-state index contributed by atoms with van der Waals surface area (Å²) in [4.78, 5) is 13.5. The molecule has 0 radical (unpaired) electrons. The Labute approximate surface area is 103 Å². The van der Waals surface area contributed by atoms with E-state index in [-0.39, 0.29) is 11.9 Å². The van der Waals surface area contributed by atoms with Gasteiger partial charge in [-0.1, -0.05) is 12.1 Å². The summed E-state index contributed by atoms with van der Waals surface area (Å²) < 4.78 is 0. The predicted octanol–water partition coefficient (Wildman–Crippen LogP) is 1.11. The Morgan fingerprint density at radius 1 is 1.35 bits per heavy atom. The Balaban J connectivity index is 2.85. The molecule has 1 rings (SSSR count). The fourth-order valence-electron chi connectivity index (χ4n) is 1.63. The van der Waals surface area contributed by atoms with Crippen molar-refractivity contribution in [2.45, 2.75) is 26.4 Å². The normalized spacial score (nSPS) is 10.4. The highest BCUT2D eigenvalue weighted by Gasteiger charge is 2.13. The monoisotopic (exact) mass is 235 g/mol. The Kier molecular flexibility index (Phi) is 4.97. The molecule has 1 aromatic carbocycles. The highest BCUT2D eigenvalue weighted by atomic mass is 16.1. The summed E-state index contributed by atoms with van der Waals surface area (Å²) in [5.41, 5.74) is 7.70. The number of amides is 1. The second kappa shape index (κ2) is 6.25. The van der Waals surface area contributed by atoms with Gasteiger partial charge in [-0.15, -0.1) is 0 Å². The molecular formula is C13H21N3O. The van der Waals surface area contributed by atoms with Crippen LogP contribution in [0.2, 0.25) is 0 Å². The third kappa shape index (κ3) is 3.75. The number of carbonyl (C=O) groups excluding carboxylic acids is 1. The van der Waals surface area contributed by atoms with E-state index in [0.29, 0.717) is 13.1 Å². The van der Waals surface area contributed by atoms with E-state index < -0.39 is 0 Å². The van der Waals surface area contributed by atoms with Crippen LogP contribution in [0.25, 0.3) is 0 Å². The minimum atomic E-state index is 0.0154. The zero-order chi connectivity index (χ0) is 12.8. The molecule has 1 aromatic rings. The Morgan fingerprint density at radius 3 is 2.35 bits per heavy atom. The number of nitrogens with zero attached hydrogens (tertiary/aromatic N) is 1. The largest absolute Gasteiger partial charge is 0.360 e. The fraction of sp³-hybridized carbons (Fsp3) is 0.462. The van der Waals surface area contributed by atoms with Crippen LogP contribution >= 0.6 is 0 Å². The molecule has 0 aromatic heterocycles. The third-order valence-corrected chi connectivity index (χ3v) is 2.72. The zero-order valence-electron chi connectivity index (χ0n) is 10.7. The second-order valence-corrected chi connectivity index (χ2v) is 4.27. The van der Waals surface area contributed by atoms with Gasteiger partial charge in [0.2, 0.25) is 5.91 Å². The fourth-order valence-corrected chi connectivity index (χ4v) is 1.63. The molecule has 17 heavy (non-hydrogen) atoms. The quantitative estimate of drug-likeness (QED) is 0.803. The number of nitrogens with one attached hydrogen (secondary N) is 1. The molecule has 0 heterocycles. The van der Waals surface area contributed by atoms with Crippen LogP contribution in [0.3, 0.4) is 0 Å². The van der Waals surface area contributed by atoms with E-state index in [1.807, 2.05) is 24.3 Å². The van der Waals surface area contributed by atoms with Gasteiger partial charge in [-0.25, -0.2) is 0 Å². The molecule has 0 spiro atoms. The molecule has 0 bridgehead atoms. The van der Waals surface area contributed by atoms with E-state index in [4.69, 9.17) is 5.73 Å². The van der Waals surface area contributed by atoms with Crippen LogP contribution in [0.15, 0.2) is 24.3 Å². The van der Waals surface area contributed by atoms with Crippen LogP contribution in [0.4, 0.5) is 5.69 Å². The summed E-state index contributed by atoms with van der Waals surface area (Å²) in [5.74, 6) is 0.0154. The average Bonchev–Trinajstić information content (AvgIpc) is 2.35. The maximum absolute atomic E-state index is 11.5. The van der Waals surface area contributed by atoms with Gasteiger partial charge in [0.25, 0.3) is 0 Å². The van der Waals surface area contributed by atoms with E-state index in [0.717, 1.165) is 11.3 Å². The van der Waals surface area contributed by atoms with Gasteiger partial charge in [-0.3, -0.25) is 4.79 Å². The molecular weight excluding hydrogens is 214 g/mol. The first kappa shape index (κ1) is 13.5. The lowest BCUT2D eigenvalue weighted by atomic mass is 10.1. The highest BCUT2D eigenvalue weighted by molar-refractivity contribution is 5.81. The first-order valence-electron chi connectivity index (χ1n) is 5.84. The Bertz CT molecular complexity index is 359. The van der Waals surface area contributed by atoms with Gasteiger partial charge in [0.05, 0.1) is 6.54 Å². The molecule has 4 nitrogen and oxygen atoms in total. The molecule has 3 N–H and O–H groups in total. The molecule has 0 saturated heterocycles. The molecule has 0 saturated carbocycles. The molecule has 0 aliphatic heterocycles. The minimum Gasteiger partial charge on any atom is -0.360 e. The number of nitrogens with two attached hydrogens (primary N) is 1. The van der Waals surface area contributed by atoms with Crippen LogP contribution in [0.1, 0.15) is 19.4 Å². The SMILES string of the molecule is CNC(=O)CN(c1ccc(CN)cc1)C(C)C. The zero-order valence-corrected chi connectivity index (χ0v) is 10.7. The van der Waals surface area contributed by atoms with Crippen molar-refractivity contribution in [2.24, 2.45) is 5.73 Å². The summed E-state index contributed by atoms with van der Waals surface area (Å²) in [7, 11) is 1.65. The number of anilines is 1. The first-order valence-corrected chi connectivity index (χ1v) is 5.84. The van der Waals surface area contributed by atoms with Gasteiger partial charge in [0.15, 0.2) is 0 Å². The van der Waals surface area contributed by atoms with Crippen molar-refractivity contribution in [1.82, 2.24) is 5.32 Å². The lowest BCUT2D eigenvalue weighted by molar-refractivity contribution is -0.119. The van der Waals surface area contributed by atoms with Gasteiger partial charge in [0.1, 0.15) is 0 Å². The van der Waals surface area contributed by atoms with Gasteiger partial charge in [-0.05, 0) is 31.5 Å². The average molecular weight is 235 g/mol. The predicted molar refractivity (Wildman–Crippen MR) is 70.9 cm³/mol. The molecule has 4 heteroatoms. The van der Waals surface area contributed by atoms with Crippen molar-refractivity contribution in [1.29, 1.82) is 0 Å². The first-order chi connectivity index (χ1) is 8.08. The molecule has 0 fully saturated rings. The van der Waals surface area contributed by atoms with Crippen molar-refractivity contribution in [2.75, 3.05) is 18.5 Å². The van der Waals surface area contributed by atoms with Gasteiger partial charge in [-0.2, -0.15) is 0 Å². The summed E-state index contributed by atoms with van der Waals surface area (Å²) in [6.07, 6.45) is 0. The summed E-state index contributed by atoms with van der Waals surface area (Å²) in [6.45, 7) is 5.05. The van der Waals surface area contributed by atoms with Crippen LogP contribution in [0.5, 0.6) is 0 Å². The van der Waals surface area contributed by atoms with E-state index in [1.54, 1.807) is 7.05 Å². The molecule has 0 atom stereocenters. The van der Waals surface area contributed by atoms with E-state index in [9.17, 15) is 4.79 Å². The van der Waals surface area contributed by atoms with E-state index >= 15 is 0 Å². The summed E-state index contributed by atoms with van der Waals surface area (Å²) in [5, 5.41) is 2.64. The number of hydrogen-bond acceptors (Lipinski definition) is 3. The maximum atomic E-state index is 11.5. The molecule has 1 amide bonds. The van der Waals surface area contributed by atoms with E-state index in [1.165, 1.54) is 0 Å². The number of hydrogen-bond donors (Lipinski definition) is 2. The molecule has 0 unspecified atom stereocenters. The number of likely N-dealkylation sites (N-methyl/N-ethyl adjacent to an activating group) is 1. The highest BCUT2D eigenvalue weighted by Crippen LogP contribution is 2.17. The lowest BCUT2D eigenvalue weighted by Crippen LogP contribution is -2.39.